The van der Waals surface area contributed by atoms with Gasteiger partial charge in [0.15, 0.2) is 0 Å². The van der Waals surface area contributed by atoms with E-state index in [1.165, 1.54) is 0 Å². The molecule has 4 heteroatoms. The Balaban J connectivity index is 2.15. The standard InChI is InChI=1S/C14H17ClN2O/c1-10(2)8-16-13(18)9-17-7-6-11-4-3-5-12(15)14(11)17/h3-7,10H,8-9H2,1-2H3,(H,16,18). The molecule has 0 aliphatic carbocycles. The molecule has 0 unspecified atom stereocenters. The summed E-state index contributed by atoms with van der Waals surface area (Å²) in [6.07, 6.45) is 1.89. The van der Waals surface area contributed by atoms with Gasteiger partial charge in [-0.1, -0.05) is 37.6 Å². The first-order valence-corrected chi connectivity index (χ1v) is 6.46. The van der Waals surface area contributed by atoms with Gasteiger partial charge in [0.1, 0.15) is 6.54 Å². The summed E-state index contributed by atoms with van der Waals surface area (Å²) in [6, 6.07) is 7.71. The first-order chi connectivity index (χ1) is 8.58. The van der Waals surface area contributed by atoms with Gasteiger partial charge in [0.05, 0.1) is 10.5 Å². The summed E-state index contributed by atoms with van der Waals surface area (Å²) in [7, 11) is 0. The van der Waals surface area contributed by atoms with E-state index in [4.69, 9.17) is 11.6 Å². The van der Waals surface area contributed by atoms with Gasteiger partial charge in [-0.15, -0.1) is 0 Å². The Morgan fingerprint density at radius 1 is 1.39 bits per heavy atom. The number of nitrogens with one attached hydrogen (secondary N) is 1. The van der Waals surface area contributed by atoms with Gasteiger partial charge >= 0.3 is 0 Å². The highest BCUT2D eigenvalue weighted by molar-refractivity contribution is 6.35. The molecule has 0 spiro atoms. The minimum atomic E-state index is 0.0149. The third kappa shape index (κ3) is 2.85. The molecule has 0 atom stereocenters. The number of benzene rings is 1. The smallest absolute Gasteiger partial charge is 0.239 e. The Bertz CT molecular complexity index is 560. The van der Waals surface area contributed by atoms with Crippen molar-refractivity contribution in [1.29, 1.82) is 0 Å². The Hall–Kier alpha value is -1.48. The third-order valence-electron chi connectivity index (χ3n) is 2.76. The number of rotatable bonds is 4. The van der Waals surface area contributed by atoms with E-state index in [1.54, 1.807) is 0 Å². The van der Waals surface area contributed by atoms with Crippen LogP contribution in [0, 0.1) is 5.92 Å². The van der Waals surface area contributed by atoms with Crippen molar-refractivity contribution in [2.75, 3.05) is 6.54 Å². The highest BCUT2D eigenvalue weighted by Crippen LogP contribution is 2.24. The van der Waals surface area contributed by atoms with E-state index in [0.717, 1.165) is 10.9 Å². The number of hydrogen-bond donors (Lipinski definition) is 1. The molecule has 1 amide bonds. The molecule has 0 aliphatic rings. The fourth-order valence-electron chi connectivity index (χ4n) is 1.87. The maximum absolute atomic E-state index is 11.8. The summed E-state index contributed by atoms with van der Waals surface area (Å²) in [5, 5.41) is 4.63. The van der Waals surface area contributed by atoms with E-state index >= 15 is 0 Å². The molecule has 1 heterocycles. The molecule has 0 aliphatic heterocycles. The molecule has 18 heavy (non-hydrogen) atoms. The number of amides is 1. The second kappa shape index (κ2) is 5.44. The van der Waals surface area contributed by atoms with Crippen LogP contribution in [-0.2, 0) is 11.3 Å². The normalized spacial score (nSPS) is 11.1. The summed E-state index contributed by atoms with van der Waals surface area (Å²) in [5.74, 6) is 0.472. The maximum Gasteiger partial charge on any atom is 0.239 e. The summed E-state index contributed by atoms with van der Waals surface area (Å²) in [6.45, 7) is 5.15. The van der Waals surface area contributed by atoms with Crippen molar-refractivity contribution in [1.82, 2.24) is 9.88 Å². The van der Waals surface area contributed by atoms with Crippen LogP contribution in [0.15, 0.2) is 30.5 Å². The Morgan fingerprint density at radius 3 is 2.89 bits per heavy atom. The highest BCUT2D eigenvalue weighted by atomic mass is 35.5. The number of carbonyl (C=O) groups excluding carboxylic acids is 1. The maximum atomic E-state index is 11.8. The summed E-state index contributed by atoms with van der Waals surface area (Å²) < 4.78 is 1.88. The minimum absolute atomic E-state index is 0.0149. The van der Waals surface area contributed by atoms with Crippen LogP contribution in [0.3, 0.4) is 0 Å². The van der Waals surface area contributed by atoms with Crippen molar-refractivity contribution in [3.63, 3.8) is 0 Å². The second-order valence-electron chi connectivity index (χ2n) is 4.82. The lowest BCUT2D eigenvalue weighted by atomic mass is 10.2. The number of para-hydroxylation sites is 1. The first-order valence-electron chi connectivity index (χ1n) is 6.08. The molecular weight excluding hydrogens is 248 g/mol. The van der Waals surface area contributed by atoms with Crippen LogP contribution >= 0.6 is 11.6 Å². The van der Waals surface area contributed by atoms with Crippen molar-refractivity contribution < 1.29 is 4.79 Å². The number of carbonyl (C=O) groups is 1. The van der Waals surface area contributed by atoms with E-state index in [9.17, 15) is 4.79 Å². The van der Waals surface area contributed by atoms with Crippen LogP contribution in [0.2, 0.25) is 5.02 Å². The second-order valence-corrected chi connectivity index (χ2v) is 5.23. The largest absolute Gasteiger partial charge is 0.354 e. The molecule has 96 valence electrons. The van der Waals surface area contributed by atoms with Crippen LogP contribution in [0.1, 0.15) is 13.8 Å². The number of nitrogens with zero attached hydrogens (tertiary/aromatic N) is 1. The van der Waals surface area contributed by atoms with Gasteiger partial charge in [-0.05, 0) is 18.1 Å². The van der Waals surface area contributed by atoms with Crippen LogP contribution in [0.4, 0.5) is 0 Å². The highest BCUT2D eigenvalue weighted by Gasteiger charge is 2.08. The van der Waals surface area contributed by atoms with Crippen molar-refractivity contribution in [3.05, 3.63) is 35.5 Å². The van der Waals surface area contributed by atoms with Gasteiger partial charge in [0.2, 0.25) is 5.91 Å². The van der Waals surface area contributed by atoms with Gasteiger partial charge in [-0.3, -0.25) is 4.79 Å². The molecule has 1 aromatic carbocycles. The molecule has 0 bridgehead atoms. The van der Waals surface area contributed by atoms with E-state index in [1.807, 2.05) is 35.0 Å². The lowest BCUT2D eigenvalue weighted by Crippen LogP contribution is -2.30. The molecule has 0 radical (unpaired) electrons. The topological polar surface area (TPSA) is 34.0 Å². The fraction of sp³-hybridized carbons (Fsp3) is 0.357. The van der Waals surface area contributed by atoms with Crippen LogP contribution in [0.5, 0.6) is 0 Å². The zero-order valence-corrected chi connectivity index (χ0v) is 11.4. The lowest BCUT2D eigenvalue weighted by Gasteiger charge is -2.09. The van der Waals surface area contributed by atoms with E-state index in [0.29, 0.717) is 24.0 Å². The predicted octanol–water partition coefficient (Wildman–Crippen LogP) is 3.07. The zero-order valence-electron chi connectivity index (χ0n) is 10.6. The Morgan fingerprint density at radius 2 is 2.17 bits per heavy atom. The average Bonchev–Trinajstić information content (AvgIpc) is 2.71. The van der Waals surface area contributed by atoms with Gasteiger partial charge in [0.25, 0.3) is 0 Å². The van der Waals surface area contributed by atoms with Crippen molar-refractivity contribution in [3.8, 4) is 0 Å². The van der Waals surface area contributed by atoms with E-state index in [2.05, 4.69) is 19.2 Å². The van der Waals surface area contributed by atoms with Gasteiger partial charge < -0.3 is 9.88 Å². The molecule has 0 saturated heterocycles. The number of hydrogen-bond acceptors (Lipinski definition) is 1. The summed E-state index contributed by atoms with van der Waals surface area (Å²) >= 11 is 6.16. The van der Waals surface area contributed by atoms with E-state index in [-0.39, 0.29) is 5.91 Å². The molecule has 0 saturated carbocycles. The predicted molar refractivity (Wildman–Crippen MR) is 74.8 cm³/mol. The van der Waals surface area contributed by atoms with Crippen LogP contribution in [-0.4, -0.2) is 17.0 Å². The molecule has 2 aromatic rings. The van der Waals surface area contributed by atoms with Gasteiger partial charge in [-0.2, -0.15) is 0 Å². The lowest BCUT2D eigenvalue weighted by molar-refractivity contribution is -0.121. The average molecular weight is 265 g/mol. The molecule has 2 rings (SSSR count). The van der Waals surface area contributed by atoms with Crippen LogP contribution < -0.4 is 5.32 Å². The number of aromatic nitrogens is 1. The fourth-order valence-corrected chi connectivity index (χ4v) is 2.17. The van der Waals surface area contributed by atoms with E-state index < -0.39 is 0 Å². The first kappa shape index (κ1) is 13.0. The van der Waals surface area contributed by atoms with Gasteiger partial charge in [0, 0.05) is 18.1 Å². The molecule has 1 aromatic heterocycles. The molecular formula is C14H17ClN2O. The zero-order chi connectivity index (χ0) is 13.1. The third-order valence-corrected chi connectivity index (χ3v) is 3.07. The van der Waals surface area contributed by atoms with Gasteiger partial charge in [-0.25, -0.2) is 0 Å². The van der Waals surface area contributed by atoms with Crippen molar-refractivity contribution >= 4 is 28.4 Å². The quantitative estimate of drug-likeness (QED) is 0.905. The summed E-state index contributed by atoms with van der Waals surface area (Å²) in [5.41, 5.74) is 0.916. The minimum Gasteiger partial charge on any atom is -0.354 e. The Labute approximate surface area is 112 Å². The van der Waals surface area contributed by atoms with Crippen LogP contribution in [0.25, 0.3) is 10.9 Å². The number of fused-ring (bicyclic) bond motifs is 1. The molecule has 0 fully saturated rings. The Kier molecular flexibility index (Phi) is 3.92. The monoisotopic (exact) mass is 264 g/mol. The number of halogens is 1. The summed E-state index contributed by atoms with van der Waals surface area (Å²) in [4.78, 5) is 11.8. The van der Waals surface area contributed by atoms with Crippen molar-refractivity contribution in [2.45, 2.75) is 20.4 Å². The molecule has 3 nitrogen and oxygen atoms in total. The SMILES string of the molecule is CC(C)CNC(=O)Cn1ccc2cccc(Cl)c21. The molecule has 1 N–H and O–H groups in total. The van der Waals surface area contributed by atoms with Crippen molar-refractivity contribution in [2.24, 2.45) is 5.92 Å².